The van der Waals surface area contributed by atoms with Gasteiger partial charge in [-0.3, -0.25) is 9.97 Å². The molecule has 0 unspecified atom stereocenters. The Labute approximate surface area is 171 Å². The van der Waals surface area contributed by atoms with Crippen molar-refractivity contribution in [2.24, 2.45) is 0 Å². The van der Waals surface area contributed by atoms with Gasteiger partial charge in [-0.2, -0.15) is 5.26 Å². The summed E-state index contributed by atoms with van der Waals surface area (Å²) < 4.78 is 0. The van der Waals surface area contributed by atoms with E-state index in [1.807, 2.05) is 36.4 Å². The summed E-state index contributed by atoms with van der Waals surface area (Å²) in [4.78, 5) is 17.0. The van der Waals surface area contributed by atoms with Crippen molar-refractivity contribution in [3.63, 3.8) is 0 Å². The minimum Gasteiger partial charge on any atom is -0.382 e. The molecule has 1 aromatic carbocycles. The van der Waals surface area contributed by atoms with Crippen molar-refractivity contribution in [2.45, 2.75) is 0 Å². The van der Waals surface area contributed by atoms with Crippen LogP contribution in [0.25, 0.3) is 27.9 Å². The molecule has 3 N–H and O–H groups in total. The van der Waals surface area contributed by atoms with Gasteiger partial charge in [0, 0.05) is 39.6 Å². The zero-order valence-electron chi connectivity index (χ0n) is 15.1. The van der Waals surface area contributed by atoms with E-state index in [2.05, 4.69) is 31.8 Å². The second kappa shape index (κ2) is 7.54. The molecule has 8 heteroatoms. The van der Waals surface area contributed by atoms with Crippen molar-refractivity contribution in [1.29, 1.82) is 5.26 Å². The van der Waals surface area contributed by atoms with Gasteiger partial charge in [0.05, 0.1) is 11.2 Å². The molecule has 0 fully saturated rings. The predicted octanol–water partition coefficient (Wildman–Crippen LogP) is 4.28. The lowest BCUT2D eigenvalue weighted by molar-refractivity contribution is 1.16. The van der Waals surface area contributed by atoms with Crippen LogP contribution in [0.4, 0.5) is 11.6 Å². The number of fused-ring (bicyclic) bond motifs is 1. The SMILES string of the molecule is C=C(Nc1ncnc(N)c1C#N)c1cnc2ccc(Cl)cc2c1-c1ccccn1. The Balaban J connectivity index is 1.89. The highest BCUT2D eigenvalue weighted by atomic mass is 35.5. The summed E-state index contributed by atoms with van der Waals surface area (Å²) in [7, 11) is 0. The molecule has 0 amide bonds. The molecule has 29 heavy (non-hydrogen) atoms. The predicted molar refractivity (Wildman–Crippen MR) is 114 cm³/mol. The van der Waals surface area contributed by atoms with Crippen molar-refractivity contribution in [2.75, 3.05) is 11.1 Å². The summed E-state index contributed by atoms with van der Waals surface area (Å²) in [5.41, 5.74) is 9.42. The van der Waals surface area contributed by atoms with Gasteiger partial charge in [0.25, 0.3) is 0 Å². The van der Waals surface area contributed by atoms with Gasteiger partial charge in [0.15, 0.2) is 5.82 Å². The summed E-state index contributed by atoms with van der Waals surface area (Å²) in [5.74, 6) is 0.356. The van der Waals surface area contributed by atoms with Crippen LogP contribution in [0, 0.1) is 11.3 Å². The maximum absolute atomic E-state index is 9.37. The fraction of sp³-hybridized carbons (Fsp3) is 0. The van der Waals surface area contributed by atoms with Crippen LogP contribution in [0.3, 0.4) is 0 Å². The number of anilines is 2. The second-order valence-corrected chi connectivity index (χ2v) is 6.56. The van der Waals surface area contributed by atoms with E-state index in [9.17, 15) is 5.26 Å². The molecule has 140 valence electrons. The first-order valence-corrected chi connectivity index (χ1v) is 8.93. The molecule has 0 spiro atoms. The normalized spacial score (nSPS) is 10.5. The van der Waals surface area contributed by atoms with E-state index in [0.717, 1.165) is 22.2 Å². The number of rotatable bonds is 4. The van der Waals surface area contributed by atoms with Gasteiger partial charge in [-0.1, -0.05) is 24.2 Å². The van der Waals surface area contributed by atoms with E-state index in [0.29, 0.717) is 16.3 Å². The summed E-state index contributed by atoms with van der Waals surface area (Å²) in [6.07, 6.45) is 4.70. The van der Waals surface area contributed by atoms with Crippen LogP contribution in [0.1, 0.15) is 11.1 Å². The molecule has 4 aromatic rings. The van der Waals surface area contributed by atoms with E-state index >= 15 is 0 Å². The molecular formula is C21H14ClN7. The van der Waals surface area contributed by atoms with E-state index in [1.54, 1.807) is 18.5 Å². The number of pyridine rings is 2. The molecule has 7 nitrogen and oxygen atoms in total. The lowest BCUT2D eigenvalue weighted by Crippen LogP contribution is -2.07. The van der Waals surface area contributed by atoms with E-state index in [-0.39, 0.29) is 17.2 Å². The number of nitrogens with one attached hydrogen (secondary N) is 1. The molecular weight excluding hydrogens is 386 g/mol. The van der Waals surface area contributed by atoms with Gasteiger partial charge in [-0.25, -0.2) is 9.97 Å². The third-order valence-electron chi connectivity index (χ3n) is 4.33. The number of hydrogen-bond donors (Lipinski definition) is 2. The zero-order chi connectivity index (χ0) is 20.4. The van der Waals surface area contributed by atoms with E-state index < -0.39 is 0 Å². The third-order valence-corrected chi connectivity index (χ3v) is 4.57. The van der Waals surface area contributed by atoms with Crippen LogP contribution in [0.2, 0.25) is 5.02 Å². The number of nitriles is 1. The Kier molecular flexibility index (Phi) is 4.77. The number of nitrogens with two attached hydrogens (primary N) is 1. The number of halogens is 1. The summed E-state index contributed by atoms with van der Waals surface area (Å²) in [6.45, 7) is 4.12. The van der Waals surface area contributed by atoms with Crippen molar-refractivity contribution >= 4 is 39.8 Å². The van der Waals surface area contributed by atoms with E-state index in [4.69, 9.17) is 17.3 Å². The lowest BCUT2D eigenvalue weighted by atomic mass is 9.98. The molecule has 3 heterocycles. The molecule has 3 aromatic heterocycles. The smallest absolute Gasteiger partial charge is 0.153 e. The minimum absolute atomic E-state index is 0.0890. The largest absolute Gasteiger partial charge is 0.382 e. The van der Waals surface area contributed by atoms with Gasteiger partial charge in [-0.05, 0) is 30.3 Å². The molecule has 0 aliphatic carbocycles. The fourth-order valence-electron chi connectivity index (χ4n) is 2.99. The Morgan fingerprint density at radius 3 is 2.76 bits per heavy atom. The van der Waals surface area contributed by atoms with Crippen LogP contribution >= 0.6 is 11.6 Å². The molecule has 0 aliphatic rings. The third kappa shape index (κ3) is 3.45. The van der Waals surface area contributed by atoms with Crippen molar-refractivity contribution in [1.82, 2.24) is 19.9 Å². The summed E-state index contributed by atoms with van der Waals surface area (Å²) >= 11 is 6.24. The molecule has 4 rings (SSSR count). The van der Waals surface area contributed by atoms with Gasteiger partial charge in [0.1, 0.15) is 23.8 Å². The topological polar surface area (TPSA) is 113 Å². The van der Waals surface area contributed by atoms with Crippen LogP contribution in [-0.2, 0) is 0 Å². The summed E-state index contributed by atoms with van der Waals surface area (Å²) in [6, 6.07) is 13.1. The monoisotopic (exact) mass is 399 g/mol. The number of hydrogen-bond acceptors (Lipinski definition) is 7. The molecule has 0 radical (unpaired) electrons. The second-order valence-electron chi connectivity index (χ2n) is 6.12. The maximum Gasteiger partial charge on any atom is 0.153 e. The number of nitrogens with zero attached hydrogens (tertiary/aromatic N) is 5. The Morgan fingerprint density at radius 1 is 1.14 bits per heavy atom. The average molecular weight is 400 g/mol. The summed E-state index contributed by atoms with van der Waals surface area (Å²) in [5, 5.41) is 13.8. The van der Waals surface area contributed by atoms with Crippen LogP contribution in [-0.4, -0.2) is 19.9 Å². The Bertz CT molecular complexity index is 1280. The first-order valence-electron chi connectivity index (χ1n) is 8.55. The van der Waals surface area contributed by atoms with Crippen LogP contribution in [0.5, 0.6) is 0 Å². The number of aromatic nitrogens is 4. The van der Waals surface area contributed by atoms with Crippen LogP contribution < -0.4 is 11.1 Å². The van der Waals surface area contributed by atoms with Crippen molar-refractivity contribution < 1.29 is 0 Å². The quantitative estimate of drug-likeness (QED) is 0.526. The molecule has 0 aliphatic heterocycles. The highest BCUT2D eigenvalue weighted by Crippen LogP contribution is 2.35. The fourth-order valence-corrected chi connectivity index (χ4v) is 3.17. The Hall–Kier alpha value is -4.02. The van der Waals surface area contributed by atoms with Crippen molar-refractivity contribution in [3.05, 3.63) is 77.8 Å². The first-order chi connectivity index (χ1) is 14.1. The first kappa shape index (κ1) is 18.3. The Morgan fingerprint density at radius 2 is 2.00 bits per heavy atom. The zero-order valence-corrected chi connectivity index (χ0v) is 15.9. The van der Waals surface area contributed by atoms with Crippen LogP contribution in [0.15, 0.2) is 61.7 Å². The maximum atomic E-state index is 9.37. The highest BCUT2D eigenvalue weighted by molar-refractivity contribution is 6.31. The minimum atomic E-state index is 0.0890. The van der Waals surface area contributed by atoms with Crippen molar-refractivity contribution in [3.8, 4) is 17.3 Å². The van der Waals surface area contributed by atoms with E-state index in [1.165, 1.54) is 6.33 Å². The molecule has 0 bridgehead atoms. The average Bonchev–Trinajstić information content (AvgIpc) is 2.73. The highest BCUT2D eigenvalue weighted by Gasteiger charge is 2.17. The van der Waals surface area contributed by atoms with Gasteiger partial charge in [-0.15, -0.1) is 0 Å². The standard InChI is InChI=1S/C21H14ClN7/c1-12(29-21-15(9-23)20(24)27-11-28-21)16-10-26-17-6-5-13(22)8-14(17)19(16)18-4-2-3-7-25-18/h2-8,10-11H,1H2,(H3,24,27,28,29). The lowest BCUT2D eigenvalue weighted by Gasteiger charge is -2.16. The molecule has 0 saturated carbocycles. The number of nitrogen functional groups attached to an aromatic ring is 1. The van der Waals surface area contributed by atoms with Gasteiger partial charge in [0.2, 0.25) is 0 Å². The number of benzene rings is 1. The van der Waals surface area contributed by atoms with Gasteiger partial charge >= 0.3 is 0 Å². The molecule has 0 atom stereocenters. The molecule has 0 saturated heterocycles. The van der Waals surface area contributed by atoms with Gasteiger partial charge < -0.3 is 11.1 Å².